The highest BCUT2D eigenvalue weighted by molar-refractivity contribution is 5.98. The molecule has 1 heterocycles. The summed E-state index contributed by atoms with van der Waals surface area (Å²) in [6, 6.07) is 3.91. The molecule has 0 aromatic heterocycles. The topological polar surface area (TPSA) is 102 Å². The molecule has 1 aliphatic heterocycles. The first-order chi connectivity index (χ1) is 11.9. The zero-order valence-corrected chi connectivity index (χ0v) is 14.5. The Balaban J connectivity index is 2.21. The second kappa shape index (κ2) is 8.57. The number of benzene rings is 1. The normalized spacial score (nSPS) is 16.1. The Hall–Kier alpha value is -2.48. The quantitative estimate of drug-likeness (QED) is 0.480. The molecule has 1 N–H and O–H groups in total. The van der Waals surface area contributed by atoms with Crippen LogP contribution in [-0.2, 0) is 14.3 Å². The van der Waals surface area contributed by atoms with Gasteiger partial charge < -0.3 is 10.1 Å². The van der Waals surface area contributed by atoms with Crippen LogP contribution in [0.25, 0.3) is 0 Å². The van der Waals surface area contributed by atoms with Gasteiger partial charge in [-0.1, -0.05) is 12.5 Å². The van der Waals surface area contributed by atoms with Crippen LogP contribution in [0.5, 0.6) is 0 Å². The second-order valence-corrected chi connectivity index (χ2v) is 6.16. The summed E-state index contributed by atoms with van der Waals surface area (Å²) in [6.07, 6.45) is 2.92. The molecular weight excluding hydrogens is 326 g/mol. The van der Waals surface area contributed by atoms with Gasteiger partial charge in [0.2, 0.25) is 5.91 Å². The fourth-order valence-corrected chi connectivity index (χ4v) is 2.97. The van der Waals surface area contributed by atoms with Gasteiger partial charge in [-0.05, 0) is 44.5 Å². The molecule has 1 atom stereocenters. The van der Waals surface area contributed by atoms with Gasteiger partial charge in [0.05, 0.1) is 18.5 Å². The van der Waals surface area contributed by atoms with E-state index in [1.807, 2.05) is 4.90 Å². The number of ether oxygens (including phenoxy) is 1. The summed E-state index contributed by atoms with van der Waals surface area (Å²) in [5.41, 5.74) is 0.697. The van der Waals surface area contributed by atoms with Crippen molar-refractivity contribution < 1.29 is 19.2 Å². The zero-order valence-electron chi connectivity index (χ0n) is 14.5. The number of rotatable bonds is 6. The Morgan fingerprint density at radius 1 is 1.32 bits per heavy atom. The average molecular weight is 349 g/mol. The van der Waals surface area contributed by atoms with Crippen molar-refractivity contribution in [2.24, 2.45) is 0 Å². The van der Waals surface area contributed by atoms with E-state index in [1.54, 1.807) is 13.0 Å². The number of nitro groups is 1. The first kappa shape index (κ1) is 18.9. The summed E-state index contributed by atoms with van der Waals surface area (Å²) >= 11 is 0. The Bertz CT molecular complexity index is 656. The first-order valence-corrected chi connectivity index (χ1v) is 8.29. The summed E-state index contributed by atoms with van der Waals surface area (Å²) in [7, 11) is 1.28. The molecular formula is C17H23N3O5. The molecule has 1 saturated heterocycles. The minimum Gasteiger partial charge on any atom is -0.469 e. The van der Waals surface area contributed by atoms with Crippen molar-refractivity contribution in [1.29, 1.82) is 0 Å². The van der Waals surface area contributed by atoms with Crippen molar-refractivity contribution in [2.75, 3.05) is 25.5 Å². The number of piperidine rings is 1. The van der Waals surface area contributed by atoms with Crippen molar-refractivity contribution in [1.82, 2.24) is 4.90 Å². The third kappa shape index (κ3) is 4.99. The van der Waals surface area contributed by atoms with E-state index in [2.05, 4.69) is 5.32 Å². The third-order valence-corrected chi connectivity index (χ3v) is 4.33. The lowest BCUT2D eigenvalue weighted by atomic mass is 10.0. The van der Waals surface area contributed by atoms with Crippen LogP contribution >= 0.6 is 0 Å². The van der Waals surface area contributed by atoms with Gasteiger partial charge in [0.1, 0.15) is 11.7 Å². The van der Waals surface area contributed by atoms with Gasteiger partial charge in [0.25, 0.3) is 5.69 Å². The Morgan fingerprint density at radius 3 is 2.60 bits per heavy atom. The number of carbonyl (C=O) groups is 2. The largest absolute Gasteiger partial charge is 0.469 e. The highest BCUT2D eigenvalue weighted by Crippen LogP contribution is 2.26. The maximum Gasteiger partial charge on any atom is 0.307 e. The van der Waals surface area contributed by atoms with Crippen molar-refractivity contribution >= 4 is 23.3 Å². The van der Waals surface area contributed by atoms with Crippen LogP contribution in [0.2, 0.25) is 0 Å². The summed E-state index contributed by atoms with van der Waals surface area (Å²) in [4.78, 5) is 37.1. The number of aryl methyl sites for hydroxylation is 1. The van der Waals surface area contributed by atoms with Gasteiger partial charge in [-0.15, -0.1) is 0 Å². The molecule has 0 saturated carbocycles. The van der Waals surface area contributed by atoms with E-state index in [4.69, 9.17) is 4.74 Å². The summed E-state index contributed by atoms with van der Waals surface area (Å²) in [5, 5.41) is 13.8. The Labute approximate surface area is 146 Å². The maximum atomic E-state index is 12.7. The lowest BCUT2D eigenvalue weighted by Crippen LogP contribution is -2.47. The molecule has 2 rings (SSSR count). The molecule has 1 aromatic rings. The number of anilines is 1. The second-order valence-electron chi connectivity index (χ2n) is 6.16. The van der Waals surface area contributed by atoms with E-state index in [-0.39, 0.29) is 17.8 Å². The minimum atomic E-state index is -0.700. The van der Waals surface area contributed by atoms with Gasteiger partial charge in [0, 0.05) is 6.07 Å². The van der Waals surface area contributed by atoms with Crippen LogP contribution in [0, 0.1) is 17.0 Å². The molecule has 25 heavy (non-hydrogen) atoms. The molecule has 8 heteroatoms. The van der Waals surface area contributed by atoms with Crippen LogP contribution in [0.3, 0.4) is 0 Å². The molecule has 1 aliphatic rings. The molecule has 1 unspecified atom stereocenters. The molecule has 0 bridgehead atoms. The highest BCUT2D eigenvalue weighted by atomic mass is 16.6. The number of methoxy groups -OCH3 is 1. The van der Waals surface area contributed by atoms with Crippen molar-refractivity contribution in [3.63, 3.8) is 0 Å². The van der Waals surface area contributed by atoms with Crippen LogP contribution in [-0.4, -0.2) is 47.9 Å². The van der Waals surface area contributed by atoms with E-state index < -0.39 is 22.8 Å². The number of likely N-dealkylation sites (tertiary alicyclic amines) is 1. The molecule has 1 aromatic carbocycles. The van der Waals surface area contributed by atoms with E-state index in [0.717, 1.165) is 24.8 Å². The lowest BCUT2D eigenvalue weighted by molar-refractivity contribution is -0.384. The number of esters is 1. The number of nitrogens with zero attached hydrogens (tertiary/aromatic N) is 2. The van der Waals surface area contributed by atoms with Crippen molar-refractivity contribution in [3.05, 3.63) is 33.9 Å². The van der Waals surface area contributed by atoms with Gasteiger partial charge >= 0.3 is 5.97 Å². The van der Waals surface area contributed by atoms with Crippen molar-refractivity contribution in [2.45, 2.75) is 38.6 Å². The van der Waals surface area contributed by atoms with Gasteiger partial charge in [-0.2, -0.15) is 0 Å². The number of hydrogen-bond acceptors (Lipinski definition) is 6. The minimum absolute atomic E-state index is 0.0814. The van der Waals surface area contributed by atoms with Crippen LogP contribution < -0.4 is 5.32 Å². The van der Waals surface area contributed by atoms with E-state index in [9.17, 15) is 19.7 Å². The number of carbonyl (C=O) groups excluding carboxylic acids is 2. The Kier molecular flexibility index (Phi) is 6.46. The lowest BCUT2D eigenvalue weighted by Gasteiger charge is -2.33. The van der Waals surface area contributed by atoms with Crippen molar-refractivity contribution in [3.8, 4) is 0 Å². The Morgan fingerprint density at radius 2 is 2.00 bits per heavy atom. The standard InChI is InChI=1S/C17H23N3O5/c1-12-6-7-13(14(10-12)20(23)24)18-17(22)15(11-16(21)25-2)19-8-4-3-5-9-19/h6-7,10,15H,3-5,8-9,11H2,1-2H3,(H,18,22). The number of nitro benzene ring substituents is 1. The highest BCUT2D eigenvalue weighted by Gasteiger charge is 2.31. The molecule has 1 amide bonds. The molecule has 0 spiro atoms. The van der Waals surface area contributed by atoms with Gasteiger partial charge in [0.15, 0.2) is 0 Å². The van der Waals surface area contributed by atoms with E-state index >= 15 is 0 Å². The third-order valence-electron chi connectivity index (χ3n) is 4.33. The average Bonchev–Trinajstić information content (AvgIpc) is 2.61. The summed E-state index contributed by atoms with van der Waals surface area (Å²) in [5.74, 6) is -0.914. The predicted molar refractivity (Wildman–Crippen MR) is 92.3 cm³/mol. The van der Waals surface area contributed by atoms with Crippen LogP contribution in [0.15, 0.2) is 18.2 Å². The molecule has 1 fully saturated rings. The first-order valence-electron chi connectivity index (χ1n) is 8.29. The molecule has 136 valence electrons. The summed E-state index contributed by atoms with van der Waals surface area (Å²) < 4.78 is 4.70. The van der Waals surface area contributed by atoms with E-state index in [0.29, 0.717) is 13.1 Å². The fraction of sp³-hybridized carbons (Fsp3) is 0.529. The molecule has 0 radical (unpaired) electrons. The van der Waals surface area contributed by atoms with E-state index in [1.165, 1.54) is 19.2 Å². The SMILES string of the molecule is COC(=O)CC(C(=O)Nc1ccc(C)cc1[N+](=O)[O-])N1CCCCC1. The fourth-order valence-electron chi connectivity index (χ4n) is 2.97. The number of hydrogen-bond donors (Lipinski definition) is 1. The predicted octanol–water partition coefficient (Wildman–Crippen LogP) is 2.26. The molecule has 0 aliphatic carbocycles. The van der Waals surface area contributed by atoms with Gasteiger partial charge in [-0.3, -0.25) is 24.6 Å². The summed E-state index contributed by atoms with van der Waals surface area (Å²) in [6.45, 7) is 3.17. The zero-order chi connectivity index (χ0) is 18.4. The smallest absolute Gasteiger partial charge is 0.307 e. The van der Waals surface area contributed by atoms with Gasteiger partial charge in [-0.25, -0.2) is 0 Å². The van der Waals surface area contributed by atoms with Crippen LogP contribution in [0.4, 0.5) is 11.4 Å². The van der Waals surface area contributed by atoms with Crippen LogP contribution in [0.1, 0.15) is 31.2 Å². The monoisotopic (exact) mass is 349 g/mol. The maximum absolute atomic E-state index is 12.7. The number of nitrogens with one attached hydrogen (secondary N) is 1. The number of amides is 1. The molecule has 8 nitrogen and oxygen atoms in total.